The van der Waals surface area contributed by atoms with Gasteiger partial charge in [0.1, 0.15) is 5.82 Å². The molecule has 0 aromatic heterocycles. The molecular weight excluding hydrogens is 303 g/mol. The fourth-order valence-electron chi connectivity index (χ4n) is 1.81. The predicted molar refractivity (Wildman–Crippen MR) is 67.6 cm³/mol. The van der Waals surface area contributed by atoms with E-state index in [1.54, 1.807) is 6.07 Å². The molecule has 0 saturated carbocycles. The first-order chi connectivity index (χ1) is 8.54. The van der Waals surface area contributed by atoms with Gasteiger partial charge in [-0.1, -0.05) is 15.9 Å². The normalized spacial score (nSPS) is 19.2. The molecule has 96 valence electrons. The van der Waals surface area contributed by atoms with Crippen LogP contribution in [0.1, 0.15) is 23.2 Å². The van der Waals surface area contributed by atoms with Crippen molar-refractivity contribution < 1.29 is 14.0 Å². The highest BCUT2D eigenvalue weighted by atomic mass is 79.9. The smallest absolute Gasteiger partial charge is 0.251 e. The maximum atomic E-state index is 13.2. The van der Waals surface area contributed by atoms with Crippen LogP contribution in [-0.4, -0.2) is 24.4 Å². The van der Waals surface area contributed by atoms with Crippen molar-refractivity contribution >= 4 is 27.7 Å². The minimum Gasteiger partial charge on any atom is -0.354 e. The number of amides is 2. The van der Waals surface area contributed by atoms with Crippen LogP contribution in [0.5, 0.6) is 0 Å². The summed E-state index contributed by atoms with van der Waals surface area (Å²) in [5.41, 5.74) is 0.263. The Morgan fingerprint density at radius 3 is 2.83 bits per heavy atom. The summed E-state index contributed by atoms with van der Waals surface area (Å²) in [5.74, 6) is -0.809. The van der Waals surface area contributed by atoms with Gasteiger partial charge in [0, 0.05) is 29.0 Å². The van der Waals surface area contributed by atoms with Crippen LogP contribution in [0.25, 0.3) is 0 Å². The third kappa shape index (κ3) is 3.29. The summed E-state index contributed by atoms with van der Waals surface area (Å²) >= 11 is 3.14. The third-order valence-corrected chi connectivity index (χ3v) is 3.18. The predicted octanol–water partition coefficient (Wildman–Crippen LogP) is 1.60. The first-order valence-corrected chi connectivity index (χ1v) is 6.37. The second-order valence-corrected chi connectivity index (χ2v) is 5.09. The van der Waals surface area contributed by atoms with Crippen molar-refractivity contribution in [2.45, 2.75) is 18.9 Å². The van der Waals surface area contributed by atoms with Crippen molar-refractivity contribution in [1.82, 2.24) is 10.6 Å². The van der Waals surface area contributed by atoms with Crippen molar-refractivity contribution in [2.24, 2.45) is 0 Å². The van der Waals surface area contributed by atoms with Crippen molar-refractivity contribution in [3.05, 3.63) is 34.1 Å². The molecular formula is C12H12BrFN2O2. The summed E-state index contributed by atoms with van der Waals surface area (Å²) in [7, 11) is 0. The Balaban J connectivity index is 2.01. The molecule has 0 spiro atoms. The van der Waals surface area contributed by atoms with Gasteiger partial charge < -0.3 is 10.6 Å². The van der Waals surface area contributed by atoms with Gasteiger partial charge in [0.25, 0.3) is 5.91 Å². The number of halogens is 2. The summed E-state index contributed by atoms with van der Waals surface area (Å²) in [6.45, 7) is 0.418. The number of nitrogens with one attached hydrogen (secondary N) is 2. The van der Waals surface area contributed by atoms with Crippen LogP contribution in [-0.2, 0) is 4.79 Å². The molecule has 0 aliphatic carbocycles. The maximum absolute atomic E-state index is 13.2. The van der Waals surface area contributed by atoms with Gasteiger partial charge in [0.2, 0.25) is 5.91 Å². The summed E-state index contributed by atoms with van der Waals surface area (Å²) < 4.78 is 13.7. The number of carbonyl (C=O) groups excluding carboxylic acids is 2. The fourth-order valence-corrected chi connectivity index (χ4v) is 2.27. The average molecular weight is 315 g/mol. The van der Waals surface area contributed by atoms with Crippen LogP contribution >= 0.6 is 15.9 Å². The molecule has 1 aliphatic heterocycles. The lowest BCUT2D eigenvalue weighted by Gasteiger charge is -2.23. The van der Waals surface area contributed by atoms with Gasteiger partial charge in [0.15, 0.2) is 0 Å². The number of rotatable bonds is 2. The minimum absolute atomic E-state index is 0.00556. The zero-order valence-corrected chi connectivity index (χ0v) is 11.1. The van der Waals surface area contributed by atoms with Crippen molar-refractivity contribution in [2.75, 3.05) is 6.54 Å². The molecule has 18 heavy (non-hydrogen) atoms. The summed E-state index contributed by atoms with van der Waals surface area (Å²) in [6.07, 6.45) is 1.01. The second-order valence-electron chi connectivity index (χ2n) is 4.17. The van der Waals surface area contributed by atoms with Crippen LogP contribution in [0, 0.1) is 5.82 Å². The Labute approximate surface area is 112 Å². The topological polar surface area (TPSA) is 58.2 Å². The van der Waals surface area contributed by atoms with Crippen molar-refractivity contribution in [1.29, 1.82) is 0 Å². The van der Waals surface area contributed by atoms with E-state index in [4.69, 9.17) is 0 Å². The SMILES string of the molecule is O=C1CCC(NC(=O)c2cc(F)cc(Br)c2)CN1. The van der Waals surface area contributed by atoms with E-state index in [1.807, 2.05) is 0 Å². The van der Waals surface area contributed by atoms with Gasteiger partial charge >= 0.3 is 0 Å². The molecule has 2 rings (SSSR count). The molecule has 4 nitrogen and oxygen atoms in total. The van der Waals surface area contributed by atoms with E-state index >= 15 is 0 Å². The minimum atomic E-state index is -0.466. The van der Waals surface area contributed by atoms with Crippen LogP contribution in [0.2, 0.25) is 0 Å². The van der Waals surface area contributed by atoms with Crippen LogP contribution in [0.3, 0.4) is 0 Å². The van der Waals surface area contributed by atoms with Gasteiger partial charge in [-0.3, -0.25) is 9.59 Å². The van der Waals surface area contributed by atoms with Gasteiger partial charge in [-0.15, -0.1) is 0 Å². The Hall–Kier alpha value is -1.43. The monoisotopic (exact) mass is 314 g/mol. The first-order valence-electron chi connectivity index (χ1n) is 5.58. The zero-order valence-electron chi connectivity index (χ0n) is 9.50. The number of piperidine rings is 1. The van der Waals surface area contributed by atoms with Gasteiger partial charge in [-0.25, -0.2) is 4.39 Å². The van der Waals surface area contributed by atoms with Crippen LogP contribution in [0.4, 0.5) is 4.39 Å². The van der Waals surface area contributed by atoms with E-state index in [0.717, 1.165) is 0 Å². The molecule has 1 unspecified atom stereocenters. The largest absolute Gasteiger partial charge is 0.354 e. The first kappa shape index (κ1) is 13.0. The highest BCUT2D eigenvalue weighted by Crippen LogP contribution is 2.15. The molecule has 1 heterocycles. The number of hydrogen-bond donors (Lipinski definition) is 2. The van der Waals surface area contributed by atoms with E-state index in [9.17, 15) is 14.0 Å². The summed E-state index contributed by atoms with van der Waals surface area (Å²) in [6, 6.07) is 3.93. The third-order valence-electron chi connectivity index (χ3n) is 2.73. The Morgan fingerprint density at radius 2 is 2.22 bits per heavy atom. The lowest BCUT2D eigenvalue weighted by molar-refractivity contribution is -0.122. The standard InChI is InChI=1S/C12H12BrFN2O2/c13-8-3-7(4-9(14)5-8)12(18)16-10-1-2-11(17)15-6-10/h3-5,10H,1-2,6H2,(H,15,17)(H,16,18). The second kappa shape index (κ2) is 5.48. The number of carbonyl (C=O) groups is 2. The summed E-state index contributed by atoms with van der Waals surface area (Å²) in [5, 5.41) is 5.44. The van der Waals surface area contributed by atoms with E-state index < -0.39 is 5.82 Å². The van der Waals surface area contributed by atoms with Crippen molar-refractivity contribution in [3.8, 4) is 0 Å². The Bertz CT molecular complexity index is 463. The molecule has 1 aliphatic rings. The fraction of sp³-hybridized carbons (Fsp3) is 0.333. The van der Waals surface area contributed by atoms with E-state index in [2.05, 4.69) is 26.6 Å². The molecule has 1 saturated heterocycles. The molecule has 2 N–H and O–H groups in total. The van der Waals surface area contributed by atoms with Crippen LogP contribution < -0.4 is 10.6 Å². The van der Waals surface area contributed by atoms with Gasteiger partial charge in [-0.05, 0) is 24.6 Å². The van der Waals surface area contributed by atoms with Crippen molar-refractivity contribution in [3.63, 3.8) is 0 Å². The Morgan fingerprint density at radius 1 is 1.44 bits per heavy atom. The molecule has 2 amide bonds. The molecule has 0 radical (unpaired) electrons. The molecule has 1 aromatic carbocycles. The van der Waals surface area contributed by atoms with E-state index in [0.29, 0.717) is 23.9 Å². The molecule has 6 heteroatoms. The molecule has 1 aromatic rings. The maximum Gasteiger partial charge on any atom is 0.251 e. The van der Waals surface area contributed by atoms with E-state index in [-0.39, 0.29) is 23.4 Å². The van der Waals surface area contributed by atoms with E-state index in [1.165, 1.54) is 12.1 Å². The summed E-state index contributed by atoms with van der Waals surface area (Å²) in [4.78, 5) is 22.9. The average Bonchev–Trinajstić information content (AvgIpc) is 2.31. The highest BCUT2D eigenvalue weighted by Gasteiger charge is 2.20. The van der Waals surface area contributed by atoms with Gasteiger partial charge in [0.05, 0.1) is 0 Å². The molecule has 0 bridgehead atoms. The highest BCUT2D eigenvalue weighted by molar-refractivity contribution is 9.10. The quantitative estimate of drug-likeness (QED) is 0.871. The van der Waals surface area contributed by atoms with Gasteiger partial charge in [-0.2, -0.15) is 0 Å². The van der Waals surface area contributed by atoms with Crippen LogP contribution in [0.15, 0.2) is 22.7 Å². The lowest BCUT2D eigenvalue weighted by Crippen LogP contribution is -2.47. The lowest BCUT2D eigenvalue weighted by atomic mass is 10.1. The number of benzene rings is 1. The number of hydrogen-bond acceptors (Lipinski definition) is 2. The zero-order chi connectivity index (χ0) is 13.1. The molecule has 1 fully saturated rings. The molecule has 1 atom stereocenters. The Kier molecular flexibility index (Phi) is 3.96.